The molecule has 0 saturated carbocycles. The molecular formula is C29H31F14NOSi. The predicted octanol–water partition coefficient (Wildman–Crippen LogP) is 10.7. The van der Waals surface area contributed by atoms with Crippen LogP contribution < -0.4 is 5.32 Å². The average Bonchev–Trinajstić information content (AvgIpc) is 3.24. The van der Waals surface area contributed by atoms with Gasteiger partial charge in [0.25, 0.3) is 5.92 Å². The maximum atomic E-state index is 14.8. The highest BCUT2D eigenvalue weighted by Gasteiger charge is 2.58. The smallest absolute Gasteiger partial charge is 0.402 e. The summed E-state index contributed by atoms with van der Waals surface area (Å²) in [5, 5.41) is 1.22. The van der Waals surface area contributed by atoms with Crippen molar-refractivity contribution >= 4 is 8.32 Å². The molecule has 1 aliphatic heterocycles. The summed E-state index contributed by atoms with van der Waals surface area (Å²) in [6.07, 6.45) is -23.4. The second-order valence-electron chi connectivity index (χ2n) is 12.8. The Hall–Kier alpha value is -2.40. The van der Waals surface area contributed by atoms with E-state index in [1.54, 1.807) is 27.7 Å². The summed E-state index contributed by atoms with van der Waals surface area (Å²) in [7, 11) is -3.77. The van der Waals surface area contributed by atoms with Gasteiger partial charge in [-0.15, -0.1) is 0 Å². The Morgan fingerprint density at radius 2 is 0.957 bits per heavy atom. The molecule has 3 rings (SSSR count). The molecule has 0 amide bonds. The summed E-state index contributed by atoms with van der Waals surface area (Å²) >= 11 is 0. The van der Waals surface area contributed by atoms with Crippen molar-refractivity contribution in [3.63, 3.8) is 0 Å². The molecule has 0 aromatic heterocycles. The first-order chi connectivity index (χ1) is 20.3. The van der Waals surface area contributed by atoms with E-state index in [0.717, 1.165) is 0 Å². The van der Waals surface area contributed by atoms with Gasteiger partial charge >= 0.3 is 24.7 Å². The number of halogens is 14. The molecule has 1 aliphatic rings. The normalized spacial score (nSPS) is 18.8. The number of benzene rings is 2. The zero-order valence-corrected chi connectivity index (χ0v) is 26.2. The summed E-state index contributed by atoms with van der Waals surface area (Å²) in [6.45, 7) is 8.09. The molecule has 2 aromatic rings. The molecule has 260 valence electrons. The van der Waals surface area contributed by atoms with E-state index < -0.39 is 102 Å². The fourth-order valence-electron chi connectivity index (χ4n) is 5.33. The molecule has 0 bridgehead atoms. The lowest BCUT2D eigenvalue weighted by Gasteiger charge is -2.51. The Labute approximate surface area is 256 Å². The van der Waals surface area contributed by atoms with E-state index in [2.05, 4.69) is 5.32 Å². The highest BCUT2D eigenvalue weighted by molar-refractivity contribution is 6.74. The van der Waals surface area contributed by atoms with Gasteiger partial charge in [-0.05, 0) is 71.6 Å². The molecule has 0 radical (unpaired) electrons. The lowest BCUT2D eigenvalue weighted by molar-refractivity contribution is -0.144. The van der Waals surface area contributed by atoms with Crippen molar-refractivity contribution in [2.24, 2.45) is 5.92 Å². The van der Waals surface area contributed by atoms with Gasteiger partial charge in [0.15, 0.2) is 8.32 Å². The number of hydrogen-bond acceptors (Lipinski definition) is 2. The van der Waals surface area contributed by atoms with Crippen molar-refractivity contribution in [2.75, 3.05) is 6.54 Å². The highest BCUT2D eigenvalue weighted by Crippen LogP contribution is 2.54. The molecule has 17 heteroatoms. The summed E-state index contributed by atoms with van der Waals surface area (Å²) in [6, 6.07) is -2.31. The van der Waals surface area contributed by atoms with Crippen molar-refractivity contribution in [3.05, 3.63) is 69.8 Å². The van der Waals surface area contributed by atoms with Gasteiger partial charge in [-0.3, -0.25) is 0 Å². The standard InChI is InChI=1S/C29H31F14NOSi/c1-15(2)23(3,4)46(5,6)45-25(22-13-24(30,31)14-44-22,16-7-18(26(32,33)34)11-19(8-16)27(35,36)37)17-9-20(28(38,39)40)12-21(10-17)29(41,42)43/h7-12,15,22,44H,13-14H2,1-6H3/t22-/m0/s1. The van der Waals surface area contributed by atoms with Gasteiger partial charge in [0.2, 0.25) is 0 Å². The first kappa shape index (κ1) is 38.0. The van der Waals surface area contributed by atoms with Crippen LogP contribution in [-0.2, 0) is 34.7 Å². The first-order valence-corrected chi connectivity index (χ1v) is 16.7. The second-order valence-corrected chi connectivity index (χ2v) is 17.3. The molecule has 0 unspecified atom stereocenters. The van der Waals surface area contributed by atoms with Gasteiger partial charge in [0.05, 0.1) is 28.8 Å². The molecule has 1 saturated heterocycles. The van der Waals surface area contributed by atoms with Gasteiger partial charge in [-0.25, -0.2) is 8.78 Å². The van der Waals surface area contributed by atoms with Crippen LogP contribution in [0.4, 0.5) is 61.5 Å². The zero-order chi connectivity index (χ0) is 35.7. The molecule has 0 aliphatic carbocycles. The third kappa shape index (κ3) is 7.50. The third-order valence-electron chi connectivity index (χ3n) is 9.04. The van der Waals surface area contributed by atoms with E-state index in [9.17, 15) is 61.5 Å². The number of alkyl halides is 14. The van der Waals surface area contributed by atoms with Gasteiger partial charge in [0, 0.05) is 12.5 Å². The van der Waals surface area contributed by atoms with E-state index in [4.69, 9.17) is 4.43 Å². The maximum Gasteiger partial charge on any atom is 0.416 e. The monoisotopic (exact) mass is 703 g/mol. The van der Waals surface area contributed by atoms with Crippen LogP contribution in [0.15, 0.2) is 36.4 Å². The Kier molecular flexibility index (Phi) is 9.62. The molecule has 2 aromatic carbocycles. The Bertz CT molecular complexity index is 1280. The van der Waals surface area contributed by atoms with Gasteiger partial charge in [-0.2, -0.15) is 52.7 Å². The van der Waals surface area contributed by atoms with Crippen LogP contribution in [0, 0.1) is 5.92 Å². The van der Waals surface area contributed by atoms with Crippen LogP contribution in [0.1, 0.15) is 67.5 Å². The van der Waals surface area contributed by atoms with E-state index in [-0.39, 0.29) is 42.3 Å². The Morgan fingerprint density at radius 3 is 1.20 bits per heavy atom. The number of hydrogen-bond donors (Lipinski definition) is 1. The van der Waals surface area contributed by atoms with E-state index in [0.29, 0.717) is 0 Å². The molecule has 46 heavy (non-hydrogen) atoms. The Morgan fingerprint density at radius 1 is 0.652 bits per heavy atom. The SMILES string of the molecule is CC(C)C(C)(C)[Si](C)(C)OC(c1cc(C(F)(F)F)cc(C(F)(F)F)c1)(c1cc(C(F)(F)F)cc(C(F)(F)F)c1)[C@@H]1CC(F)(F)CN1. The van der Waals surface area contributed by atoms with E-state index in [1.807, 2.05) is 0 Å². The summed E-state index contributed by atoms with van der Waals surface area (Å²) in [5.41, 5.74) is -13.4. The molecule has 1 N–H and O–H groups in total. The first-order valence-electron chi connectivity index (χ1n) is 13.8. The summed E-state index contributed by atoms with van der Waals surface area (Å²) in [4.78, 5) is 0. The Balaban J connectivity index is 2.69. The van der Waals surface area contributed by atoms with Crippen molar-refractivity contribution < 1.29 is 65.9 Å². The van der Waals surface area contributed by atoms with Crippen LogP contribution in [-0.4, -0.2) is 26.8 Å². The third-order valence-corrected chi connectivity index (χ3v) is 13.6. The quantitative estimate of drug-likeness (QED) is 0.229. The fourth-order valence-corrected chi connectivity index (χ4v) is 8.17. The van der Waals surface area contributed by atoms with Crippen molar-refractivity contribution in [3.8, 4) is 0 Å². The van der Waals surface area contributed by atoms with Crippen LogP contribution in [0.5, 0.6) is 0 Å². The predicted molar refractivity (Wildman–Crippen MR) is 142 cm³/mol. The topological polar surface area (TPSA) is 21.3 Å². The minimum absolute atomic E-state index is 0.0910. The van der Waals surface area contributed by atoms with Gasteiger partial charge in [0.1, 0.15) is 5.60 Å². The van der Waals surface area contributed by atoms with Crippen molar-refractivity contribution in [2.45, 2.75) is 94.5 Å². The maximum absolute atomic E-state index is 14.8. The molecular weight excluding hydrogens is 672 g/mol. The molecule has 1 atom stereocenters. The minimum atomic E-state index is -5.51. The molecule has 1 fully saturated rings. The van der Waals surface area contributed by atoms with Crippen LogP contribution >= 0.6 is 0 Å². The highest BCUT2D eigenvalue weighted by atomic mass is 28.4. The van der Waals surface area contributed by atoms with Gasteiger partial charge in [-0.1, -0.05) is 27.7 Å². The molecule has 0 spiro atoms. The lowest BCUT2D eigenvalue weighted by Crippen LogP contribution is -2.58. The summed E-state index contributed by atoms with van der Waals surface area (Å²) in [5.74, 6) is -4.09. The van der Waals surface area contributed by atoms with E-state index in [1.165, 1.54) is 13.1 Å². The minimum Gasteiger partial charge on any atom is -0.402 e. The fraction of sp³-hybridized carbons (Fsp3) is 0.586. The number of nitrogens with one attached hydrogen (secondary N) is 1. The molecule has 2 nitrogen and oxygen atoms in total. The van der Waals surface area contributed by atoms with E-state index >= 15 is 0 Å². The average molecular weight is 704 g/mol. The second kappa shape index (κ2) is 11.6. The largest absolute Gasteiger partial charge is 0.416 e. The molecule has 1 heterocycles. The lowest BCUT2D eigenvalue weighted by atomic mass is 9.77. The summed E-state index contributed by atoms with van der Waals surface area (Å²) < 4.78 is 205. The van der Waals surface area contributed by atoms with Crippen LogP contribution in [0.3, 0.4) is 0 Å². The van der Waals surface area contributed by atoms with Crippen LogP contribution in [0.2, 0.25) is 18.1 Å². The van der Waals surface area contributed by atoms with Crippen molar-refractivity contribution in [1.82, 2.24) is 5.32 Å². The van der Waals surface area contributed by atoms with Crippen LogP contribution in [0.25, 0.3) is 0 Å². The van der Waals surface area contributed by atoms with Crippen molar-refractivity contribution in [1.29, 1.82) is 0 Å². The zero-order valence-electron chi connectivity index (χ0n) is 25.2. The van der Waals surface area contributed by atoms with Gasteiger partial charge < -0.3 is 9.74 Å². The number of rotatable bonds is 7.